The number of nitrogens with zero attached hydrogens (tertiary/aromatic N) is 3. The van der Waals surface area contributed by atoms with E-state index < -0.39 is 10.0 Å². The molecule has 1 aromatic heterocycles. The third-order valence-corrected chi connectivity index (χ3v) is 5.87. The second-order valence-corrected chi connectivity index (χ2v) is 8.12. The van der Waals surface area contributed by atoms with Crippen LogP contribution in [0.15, 0.2) is 6.20 Å². The number of imidazole rings is 1. The number of hydrogen-bond acceptors (Lipinski definition) is 4. The lowest BCUT2D eigenvalue weighted by Crippen LogP contribution is -2.40. The molecule has 0 saturated heterocycles. The summed E-state index contributed by atoms with van der Waals surface area (Å²) in [5.41, 5.74) is 0.379. The van der Waals surface area contributed by atoms with Gasteiger partial charge in [0.05, 0.1) is 12.3 Å². The molecule has 1 saturated carbocycles. The van der Waals surface area contributed by atoms with Crippen molar-refractivity contribution in [1.82, 2.24) is 19.2 Å². The molecule has 0 spiro atoms. The lowest BCUT2D eigenvalue weighted by molar-refractivity contribution is 0.0933. The molecule has 1 atom stereocenters. The van der Waals surface area contributed by atoms with Crippen LogP contribution >= 0.6 is 0 Å². The van der Waals surface area contributed by atoms with Gasteiger partial charge in [0, 0.05) is 25.3 Å². The summed E-state index contributed by atoms with van der Waals surface area (Å²) in [5, 5.41) is 3.01. The molecular weight excluding hydrogens is 304 g/mol. The van der Waals surface area contributed by atoms with Crippen molar-refractivity contribution in [2.75, 3.05) is 12.8 Å². The maximum Gasteiger partial charge on any atom is 0.271 e. The molecule has 0 unspecified atom stereocenters. The molecule has 1 N–H and O–H groups in total. The molecule has 22 heavy (non-hydrogen) atoms. The summed E-state index contributed by atoms with van der Waals surface area (Å²) in [5.74, 6) is 0.472. The minimum Gasteiger partial charge on any atom is -0.348 e. The Hall–Kier alpha value is -1.41. The van der Waals surface area contributed by atoms with E-state index in [-0.39, 0.29) is 18.0 Å². The smallest absolute Gasteiger partial charge is 0.271 e. The lowest BCUT2D eigenvalue weighted by Gasteiger charge is -2.31. The molecule has 0 bridgehead atoms. The first-order valence-electron chi connectivity index (χ1n) is 7.71. The fourth-order valence-electron chi connectivity index (χ4n) is 3.36. The maximum absolute atomic E-state index is 12.3. The van der Waals surface area contributed by atoms with Crippen LogP contribution in [0.4, 0.5) is 0 Å². The van der Waals surface area contributed by atoms with Crippen LogP contribution < -0.4 is 5.32 Å². The summed E-state index contributed by atoms with van der Waals surface area (Å²) < 4.78 is 26.9. The standard InChI is InChI=1S/C14H22N4O3S/c1-10-13-16-12(14(19)15-11-5-3-4-6-11)9-17(13)7-8-18(10)22(2,20)21/h9-11H,3-8H2,1-2H3,(H,15,19)/t10-/m0/s1. The van der Waals surface area contributed by atoms with Crippen molar-refractivity contribution in [1.29, 1.82) is 0 Å². The van der Waals surface area contributed by atoms with E-state index >= 15 is 0 Å². The lowest BCUT2D eigenvalue weighted by atomic mass is 10.2. The van der Waals surface area contributed by atoms with Gasteiger partial charge in [-0.05, 0) is 19.8 Å². The molecular formula is C14H22N4O3S. The average Bonchev–Trinajstić information content (AvgIpc) is 3.06. The number of carbonyl (C=O) groups is 1. The normalized spacial score (nSPS) is 23.5. The van der Waals surface area contributed by atoms with Crippen molar-refractivity contribution in [2.45, 2.75) is 51.2 Å². The predicted molar refractivity (Wildman–Crippen MR) is 81.9 cm³/mol. The highest BCUT2D eigenvalue weighted by Crippen LogP contribution is 2.26. The first kappa shape index (κ1) is 15.5. The molecule has 2 heterocycles. The van der Waals surface area contributed by atoms with Crippen molar-refractivity contribution in [2.24, 2.45) is 0 Å². The number of hydrogen-bond donors (Lipinski definition) is 1. The van der Waals surface area contributed by atoms with Gasteiger partial charge >= 0.3 is 0 Å². The third-order valence-electron chi connectivity index (χ3n) is 4.52. The molecule has 8 heteroatoms. The molecule has 0 radical (unpaired) electrons. The Morgan fingerprint density at radius 3 is 2.64 bits per heavy atom. The number of fused-ring (bicyclic) bond motifs is 1. The molecule has 7 nitrogen and oxygen atoms in total. The summed E-state index contributed by atoms with van der Waals surface area (Å²) >= 11 is 0. The topological polar surface area (TPSA) is 84.3 Å². The van der Waals surface area contributed by atoms with Gasteiger partial charge in [-0.2, -0.15) is 4.31 Å². The molecule has 1 aliphatic heterocycles. The van der Waals surface area contributed by atoms with E-state index in [9.17, 15) is 13.2 Å². The third kappa shape index (κ3) is 2.89. The van der Waals surface area contributed by atoms with Gasteiger partial charge < -0.3 is 9.88 Å². The van der Waals surface area contributed by atoms with E-state index in [1.165, 1.54) is 10.6 Å². The van der Waals surface area contributed by atoms with Gasteiger partial charge in [-0.3, -0.25) is 4.79 Å². The Labute approximate surface area is 130 Å². The molecule has 1 aliphatic carbocycles. The zero-order valence-corrected chi connectivity index (χ0v) is 13.8. The highest BCUT2D eigenvalue weighted by atomic mass is 32.2. The Kier molecular flexibility index (Phi) is 3.98. The van der Waals surface area contributed by atoms with Crippen LogP contribution in [0.25, 0.3) is 0 Å². The Morgan fingerprint density at radius 2 is 2.00 bits per heavy atom. The molecule has 1 fully saturated rings. The van der Waals surface area contributed by atoms with Crippen LogP contribution in [0.3, 0.4) is 0 Å². The molecule has 3 rings (SSSR count). The van der Waals surface area contributed by atoms with E-state index in [0.29, 0.717) is 24.6 Å². The summed E-state index contributed by atoms with van der Waals surface area (Å²) in [6, 6.07) is -0.104. The van der Waals surface area contributed by atoms with Crippen LogP contribution in [0, 0.1) is 0 Å². The van der Waals surface area contributed by atoms with Crippen molar-refractivity contribution in [3.63, 3.8) is 0 Å². The maximum atomic E-state index is 12.3. The highest BCUT2D eigenvalue weighted by molar-refractivity contribution is 7.88. The van der Waals surface area contributed by atoms with Gasteiger partial charge in [-0.15, -0.1) is 0 Å². The van der Waals surface area contributed by atoms with E-state index in [1.54, 1.807) is 13.1 Å². The average molecular weight is 326 g/mol. The Balaban J connectivity index is 1.79. The van der Waals surface area contributed by atoms with E-state index in [4.69, 9.17) is 0 Å². The number of carbonyl (C=O) groups excluding carboxylic acids is 1. The second-order valence-electron chi connectivity index (χ2n) is 6.18. The van der Waals surface area contributed by atoms with Crippen LogP contribution in [-0.4, -0.2) is 47.0 Å². The fraction of sp³-hybridized carbons (Fsp3) is 0.714. The van der Waals surface area contributed by atoms with Crippen molar-refractivity contribution in [3.05, 3.63) is 17.7 Å². The van der Waals surface area contributed by atoms with Crippen molar-refractivity contribution < 1.29 is 13.2 Å². The van der Waals surface area contributed by atoms with Gasteiger partial charge in [0.15, 0.2) is 0 Å². The summed E-state index contributed by atoms with van der Waals surface area (Å²) in [4.78, 5) is 16.7. The van der Waals surface area contributed by atoms with Crippen molar-refractivity contribution in [3.8, 4) is 0 Å². The number of aromatic nitrogens is 2. The molecule has 122 valence electrons. The Bertz CT molecular complexity index is 676. The first-order valence-corrected chi connectivity index (χ1v) is 9.56. The van der Waals surface area contributed by atoms with E-state index in [0.717, 1.165) is 25.7 Å². The fourth-order valence-corrected chi connectivity index (χ4v) is 4.45. The predicted octanol–water partition coefficient (Wildman–Crippen LogP) is 0.892. The minimum absolute atomic E-state index is 0.160. The molecule has 1 amide bonds. The SMILES string of the molecule is C[C@H]1c2nc(C(=O)NC3CCCC3)cn2CCN1S(C)(=O)=O. The van der Waals surface area contributed by atoms with Crippen LogP contribution in [0.5, 0.6) is 0 Å². The zero-order valence-electron chi connectivity index (χ0n) is 12.9. The van der Waals surface area contributed by atoms with Crippen LogP contribution in [-0.2, 0) is 16.6 Å². The molecule has 1 aromatic rings. The van der Waals surface area contributed by atoms with Gasteiger partial charge in [0.1, 0.15) is 11.5 Å². The summed E-state index contributed by atoms with van der Waals surface area (Å²) in [6.45, 7) is 2.74. The van der Waals surface area contributed by atoms with Gasteiger partial charge in [0.2, 0.25) is 10.0 Å². The Morgan fingerprint density at radius 1 is 1.32 bits per heavy atom. The number of amides is 1. The van der Waals surface area contributed by atoms with Crippen LogP contribution in [0.1, 0.15) is 55.0 Å². The molecule has 0 aromatic carbocycles. The molecule has 2 aliphatic rings. The quantitative estimate of drug-likeness (QED) is 0.894. The zero-order chi connectivity index (χ0) is 15.9. The number of rotatable bonds is 3. The monoisotopic (exact) mass is 326 g/mol. The minimum atomic E-state index is -3.27. The first-order chi connectivity index (χ1) is 10.4. The van der Waals surface area contributed by atoms with Gasteiger partial charge in [-0.25, -0.2) is 13.4 Å². The number of nitrogens with one attached hydrogen (secondary N) is 1. The summed E-state index contributed by atoms with van der Waals surface area (Å²) in [7, 11) is -3.27. The van der Waals surface area contributed by atoms with E-state index in [2.05, 4.69) is 10.3 Å². The van der Waals surface area contributed by atoms with Gasteiger partial charge in [-0.1, -0.05) is 12.8 Å². The number of sulfonamides is 1. The highest BCUT2D eigenvalue weighted by Gasteiger charge is 2.32. The van der Waals surface area contributed by atoms with Crippen molar-refractivity contribution >= 4 is 15.9 Å². The summed E-state index contributed by atoms with van der Waals surface area (Å²) in [6.07, 6.45) is 7.30. The van der Waals surface area contributed by atoms with E-state index in [1.807, 2.05) is 4.57 Å². The second kappa shape index (κ2) is 5.66. The largest absolute Gasteiger partial charge is 0.348 e. The van der Waals surface area contributed by atoms with Crippen LogP contribution in [0.2, 0.25) is 0 Å². The van der Waals surface area contributed by atoms with Gasteiger partial charge in [0.25, 0.3) is 5.91 Å².